The highest BCUT2D eigenvalue weighted by Gasteiger charge is 1.99. The van der Waals surface area contributed by atoms with Crippen LogP contribution in [0.3, 0.4) is 0 Å². The van der Waals surface area contributed by atoms with Crippen LogP contribution in [0, 0.1) is 0 Å². The van der Waals surface area contributed by atoms with Crippen LogP contribution in [0.4, 0.5) is 0 Å². The molecule has 0 aliphatic carbocycles. The third kappa shape index (κ3) is 4.91. The van der Waals surface area contributed by atoms with Crippen molar-refractivity contribution < 1.29 is 6.85 Å². The van der Waals surface area contributed by atoms with Gasteiger partial charge in [-0.1, -0.05) is 37.2 Å². The van der Waals surface area contributed by atoms with Crippen LogP contribution < -0.4 is 5.32 Å². The number of rotatable bonds is 4. The molecule has 0 heterocycles. The lowest BCUT2D eigenvalue weighted by atomic mass is 10.1. The summed E-state index contributed by atoms with van der Waals surface area (Å²) in [6, 6.07) is 9.34. The Kier molecular flexibility index (Phi) is 3.22. The van der Waals surface area contributed by atoms with Crippen LogP contribution in [0.2, 0.25) is 0 Å². The van der Waals surface area contributed by atoms with Crippen LogP contribution in [-0.4, -0.2) is 12.5 Å². The van der Waals surface area contributed by atoms with Gasteiger partial charge in [0.15, 0.2) is 0 Å². The third-order valence-electron chi connectivity index (χ3n) is 1.70. The van der Waals surface area contributed by atoms with Gasteiger partial charge < -0.3 is 5.32 Å². The summed E-state index contributed by atoms with van der Waals surface area (Å²) in [5.41, 5.74) is 1.05. The van der Waals surface area contributed by atoms with Gasteiger partial charge in [0, 0.05) is 12.9 Å². The van der Waals surface area contributed by atoms with E-state index in [1.807, 2.05) is 30.3 Å². The van der Waals surface area contributed by atoms with E-state index in [0.717, 1.165) is 5.56 Å². The minimum Gasteiger partial charge on any atom is -0.314 e. The predicted octanol–water partition coefficient (Wildman–Crippen LogP) is 2.65. The first-order chi connectivity index (χ1) is 7.72. The number of nitrogens with one attached hydrogen (secondary N) is 1. The van der Waals surface area contributed by atoms with Crippen molar-refractivity contribution in [2.24, 2.45) is 0 Å². The predicted molar refractivity (Wildman–Crippen MR) is 60.5 cm³/mol. The molecule has 74 valence electrons. The van der Waals surface area contributed by atoms with E-state index in [1.165, 1.54) is 0 Å². The lowest BCUT2D eigenvalue weighted by Crippen LogP contribution is -2.27. The molecule has 0 aliphatic rings. The number of hydrogen-bond donors (Lipinski definition) is 1. The first-order valence-electron chi connectivity index (χ1n) is 6.54. The van der Waals surface area contributed by atoms with Crippen LogP contribution in [0.1, 0.15) is 26.2 Å². The summed E-state index contributed by atoms with van der Waals surface area (Å²) in [4.78, 5) is 0. The maximum absolute atomic E-state index is 7.47. The van der Waals surface area contributed by atoms with Crippen LogP contribution in [0.25, 0.3) is 0 Å². The van der Waals surface area contributed by atoms with Gasteiger partial charge >= 0.3 is 0 Å². The van der Waals surface area contributed by atoms with Gasteiger partial charge in [-0.3, -0.25) is 0 Å². The second-order valence-electron chi connectivity index (χ2n) is 2.86. The Morgan fingerprint density at radius 3 is 2.77 bits per heavy atom. The molecule has 1 aromatic carbocycles. The van der Waals surface area contributed by atoms with E-state index in [4.69, 9.17) is 6.85 Å². The van der Waals surface area contributed by atoms with Gasteiger partial charge in [-0.15, -0.1) is 12.4 Å². The zero-order valence-corrected chi connectivity index (χ0v) is 8.40. The Hall–Kier alpha value is -0.530. The lowest BCUT2D eigenvalue weighted by molar-refractivity contribution is 0.565. The van der Waals surface area contributed by atoms with Gasteiger partial charge in [0.25, 0.3) is 0 Å². The quantitative estimate of drug-likeness (QED) is 0.796. The van der Waals surface area contributed by atoms with Crippen molar-refractivity contribution in [2.75, 3.05) is 6.50 Å². The van der Waals surface area contributed by atoms with Crippen molar-refractivity contribution in [1.82, 2.24) is 5.32 Å². The highest BCUT2D eigenvalue weighted by molar-refractivity contribution is 5.85. The van der Waals surface area contributed by atoms with Gasteiger partial charge in [0.05, 0.1) is 0 Å². The highest BCUT2D eigenvalue weighted by atomic mass is 35.5. The Labute approximate surface area is 94.0 Å². The molecular weight excluding hydrogens is 182 g/mol. The number of hydrogen-bond acceptors (Lipinski definition) is 1. The van der Waals surface area contributed by atoms with E-state index in [0.29, 0.717) is 6.42 Å². The molecule has 1 nitrogen and oxygen atoms in total. The van der Waals surface area contributed by atoms with Crippen molar-refractivity contribution in [3.63, 3.8) is 0 Å². The second-order valence-corrected chi connectivity index (χ2v) is 2.86. The Morgan fingerprint density at radius 2 is 2.15 bits per heavy atom. The topological polar surface area (TPSA) is 12.0 Å². The van der Waals surface area contributed by atoms with Gasteiger partial charge in [-0.05, 0) is 25.4 Å². The van der Waals surface area contributed by atoms with Gasteiger partial charge in [-0.25, -0.2) is 0 Å². The fourth-order valence-electron chi connectivity index (χ4n) is 1.14. The first kappa shape index (κ1) is 6.05. The molecule has 13 heavy (non-hydrogen) atoms. The molecule has 1 atom stereocenters. The summed E-state index contributed by atoms with van der Waals surface area (Å²) < 4.78 is 36.2. The average Bonchev–Trinajstić information content (AvgIpc) is 2.16. The lowest BCUT2D eigenvalue weighted by Gasteiger charge is -2.11. The van der Waals surface area contributed by atoms with E-state index < -0.39 is 13.3 Å². The minimum absolute atomic E-state index is 0. The monoisotopic (exact) mass is 204 g/mol. The van der Waals surface area contributed by atoms with Crippen molar-refractivity contribution in [1.29, 1.82) is 0 Å². The van der Waals surface area contributed by atoms with E-state index in [9.17, 15) is 0 Å². The largest absolute Gasteiger partial charge is 0.314 e. The molecule has 0 amide bonds. The van der Waals surface area contributed by atoms with E-state index in [2.05, 4.69) is 5.32 Å². The molecule has 0 aromatic heterocycles. The van der Waals surface area contributed by atoms with Crippen LogP contribution >= 0.6 is 12.4 Å². The summed E-state index contributed by atoms with van der Waals surface area (Å²) >= 11 is 0. The van der Waals surface area contributed by atoms with Gasteiger partial charge in [0.1, 0.15) is 0 Å². The van der Waals surface area contributed by atoms with Crippen molar-refractivity contribution >= 4 is 12.4 Å². The van der Waals surface area contributed by atoms with E-state index in [1.54, 1.807) is 6.92 Å². The average molecular weight is 205 g/mol. The second kappa shape index (κ2) is 6.93. The molecule has 1 rings (SSSR count). The third-order valence-corrected chi connectivity index (χ3v) is 1.70. The fourth-order valence-corrected chi connectivity index (χ4v) is 1.14. The molecule has 1 aromatic rings. The SMILES string of the molecule is Cl.[2H]C([2H])([2H])C([2H])([2H])N[C@@H](C)Cc1ccccc1. The normalized spacial score (nSPS) is 19.6. The molecule has 0 aliphatic heterocycles. The molecule has 0 unspecified atom stereocenters. The van der Waals surface area contributed by atoms with Crippen molar-refractivity contribution in [3.05, 3.63) is 35.9 Å². The fraction of sp³-hybridized carbons (Fsp3) is 0.455. The number of benzene rings is 1. The maximum Gasteiger partial charge on any atom is 0.0425 e. The summed E-state index contributed by atoms with van der Waals surface area (Å²) in [5.74, 6) is 0. The molecule has 0 bridgehead atoms. The highest BCUT2D eigenvalue weighted by Crippen LogP contribution is 2.01. The Morgan fingerprint density at radius 1 is 1.46 bits per heavy atom. The molecule has 0 saturated carbocycles. The summed E-state index contributed by atoms with van der Waals surface area (Å²) in [7, 11) is 0. The summed E-state index contributed by atoms with van der Waals surface area (Å²) in [5, 5.41) is 2.52. The van der Waals surface area contributed by atoms with Gasteiger partial charge in [-0.2, -0.15) is 0 Å². The first-order valence-corrected chi connectivity index (χ1v) is 4.04. The molecule has 0 saturated heterocycles. The van der Waals surface area contributed by atoms with E-state index in [-0.39, 0.29) is 18.4 Å². The zero-order chi connectivity index (χ0) is 13.1. The van der Waals surface area contributed by atoms with Crippen molar-refractivity contribution in [3.8, 4) is 0 Å². The minimum atomic E-state index is -2.65. The molecule has 0 radical (unpaired) electrons. The van der Waals surface area contributed by atoms with Gasteiger partial charge in [0.2, 0.25) is 0 Å². The molecule has 2 heteroatoms. The summed E-state index contributed by atoms with van der Waals surface area (Å²) in [6.07, 6.45) is 0.594. The molecular formula is C11H18ClN. The molecule has 0 fully saturated rings. The Bertz CT molecular complexity index is 352. The van der Waals surface area contributed by atoms with E-state index >= 15 is 0 Å². The maximum atomic E-state index is 7.47. The summed E-state index contributed by atoms with van der Waals surface area (Å²) in [6.45, 7) is -3.24. The number of halogens is 1. The Balaban J connectivity index is 0.00000289. The van der Waals surface area contributed by atoms with Crippen LogP contribution in [-0.2, 0) is 6.42 Å². The number of likely N-dealkylation sites (N-methyl/N-ethyl adjacent to an activating group) is 1. The van der Waals surface area contributed by atoms with Crippen molar-refractivity contribution in [2.45, 2.75) is 26.2 Å². The smallest absolute Gasteiger partial charge is 0.0425 e. The van der Waals surface area contributed by atoms with Crippen LogP contribution in [0.5, 0.6) is 0 Å². The van der Waals surface area contributed by atoms with Crippen LogP contribution in [0.15, 0.2) is 30.3 Å². The zero-order valence-electron chi connectivity index (χ0n) is 12.6. The standard InChI is InChI=1S/C11H17N.ClH/c1-3-12-10(2)9-11-7-5-4-6-8-11;/h4-8,10,12H,3,9H2,1-2H3;1H/t10-;/m0./s1/i1D3,3D2;. The molecule has 0 spiro atoms. The molecule has 1 N–H and O–H groups in total.